The molecule has 5 nitrogen and oxygen atoms in total. The van der Waals surface area contributed by atoms with Crippen LogP contribution in [-0.2, 0) is 4.79 Å². The Morgan fingerprint density at radius 3 is 2.63 bits per heavy atom. The van der Waals surface area contributed by atoms with Crippen LogP contribution >= 0.6 is 34.2 Å². The molecule has 2 amide bonds. The van der Waals surface area contributed by atoms with Gasteiger partial charge in [-0.15, -0.1) is 0 Å². The van der Waals surface area contributed by atoms with Crippen LogP contribution in [0.15, 0.2) is 18.2 Å². The third-order valence-electron chi connectivity index (χ3n) is 2.36. The van der Waals surface area contributed by atoms with Gasteiger partial charge in [0.15, 0.2) is 0 Å². The van der Waals surface area contributed by atoms with Gasteiger partial charge in [0.2, 0.25) is 0 Å². The van der Waals surface area contributed by atoms with Crippen LogP contribution < -0.4 is 5.32 Å². The highest BCUT2D eigenvalue weighted by Crippen LogP contribution is 2.24. The minimum atomic E-state index is -1.06. The molecule has 1 aromatic rings. The Morgan fingerprint density at radius 1 is 1.47 bits per heavy atom. The van der Waals surface area contributed by atoms with Crippen molar-refractivity contribution in [3.63, 3.8) is 0 Å². The lowest BCUT2D eigenvalue weighted by molar-refractivity contribution is -0.137. The molecule has 1 rings (SSSR count). The fourth-order valence-electron chi connectivity index (χ4n) is 1.41. The van der Waals surface area contributed by atoms with Crippen LogP contribution in [0.2, 0.25) is 5.02 Å². The molecule has 0 aliphatic heterocycles. The van der Waals surface area contributed by atoms with Crippen LogP contribution in [-0.4, -0.2) is 34.6 Å². The Balaban J connectivity index is 2.87. The molecule has 19 heavy (non-hydrogen) atoms. The first-order chi connectivity index (χ1) is 8.81. The highest BCUT2D eigenvalue weighted by Gasteiger charge is 2.20. The summed E-state index contributed by atoms with van der Waals surface area (Å²) in [6.07, 6.45) is 0. The number of carboxylic acid groups (broad SMARTS) is 1. The summed E-state index contributed by atoms with van der Waals surface area (Å²) < 4.78 is 0.923. The number of benzene rings is 1. The van der Waals surface area contributed by atoms with E-state index < -0.39 is 12.0 Å². The van der Waals surface area contributed by atoms with Crippen molar-refractivity contribution in [3.05, 3.63) is 26.8 Å². The largest absolute Gasteiger partial charge is 0.480 e. The molecule has 7 heteroatoms. The molecule has 0 atom stereocenters. The molecule has 104 valence electrons. The maximum absolute atomic E-state index is 12.0. The molecule has 1 aromatic carbocycles. The van der Waals surface area contributed by atoms with Gasteiger partial charge >= 0.3 is 12.0 Å². The highest BCUT2D eigenvalue weighted by atomic mass is 127. The summed E-state index contributed by atoms with van der Waals surface area (Å²) in [7, 11) is 0. The number of carbonyl (C=O) groups is 2. The molecule has 0 saturated heterocycles. The first-order valence-corrected chi connectivity index (χ1v) is 7.01. The number of nitrogens with zero attached hydrogens (tertiary/aromatic N) is 1. The van der Waals surface area contributed by atoms with Gasteiger partial charge in [0, 0.05) is 9.61 Å². The minimum absolute atomic E-state index is 0.224. The van der Waals surface area contributed by atoms with E-state index in [4.69, 9.17) is 16.7 Å². The van der Waals surface area contributed by atoms with Crippen molar-refractivity contribution in [1.82, 2.24) is 4.90 Å². The number of hydrogen-bond acceptors (Lipinski definition) is 2. The van der Waals surface area contributed by atoms with Crippen molar-refractivity contribution < 1.29 is 14.7 Å². The number of amides is 2. The third-order valence-corrected chi connectivity index (χ3v) is 3.36. The molecular formula is C12H14ClIN2O3. The number of carboxylic acids is 1. The number of halogens is 2. The lowest BCUT2D eigenvalue weighted by Crippen LogP contribution is -2.43. The first kappa shape index (κ1) is 16.0. The average molecular weight is 397 g/mol. The second kappa shape index (κ2) is 6.95. The van der Waals surface area contributed by atoms with Crippen molar-refractivity contribution in [2.45, 2.75) is 19.9 Å². The molecule has 0 aliphatic rings. The topological polar surface area (TPSA) is 69.6 Å². The van der Waals surface area contributed by atoms with Crippen LogP contribution in [0.4, 0.5) is 10.5 Å². The molecule has 0 unspecified atom stereocenters. The molecule has 0 fully saturated rings. The number of urea groups is 1. The van der Waals surface area contributed by atoms with Gasteiger partial charge < -0.3 is 15.3 Å². The molecule has 0 radical (unpaired) electrons. The number of rotatable bonds is 4. The smallest absolute Gasteiger partial charge is 0.323 e. The van der Waals surface area contributed by atoms with Crippen LogP contribution in [0.25, 0.3) is 0 Å². The van der Waals surface area contributed by atoms with Crippen LogP contribution in [0.5, 0.6) is 0 Å². The summed E-state index contributed by atoms with van der Waals surface area (Å²) in [6.45, 7) is 3.14. The predicted octanol–water partition coefficient (Wildman–Crippen LogP) is 3.27. The summed E-state index contributed by atoms with van der Waals surface area (Å²) in [4.78, 5) is 24.0. The predicted molar refractivity (Wildman–Crippen MR) is 82.7 cm³/mol. The van der Waals surface area contributed by atoms with E-state index >= 15 is 0 Å². The van der Waals surface area contributed by atoms with Crippen LogP contribution in [0, 0.1) is 3.57 Å². The molecule has 2 N–H and O–H groups in total. The Hall–Kier alpha value is -1.02. The van der Waals surface area contributed by atoms with Crippen LogP contribution in [0.3, 0.4) is 0 Å². The van der Waals surface area contributed by atoms with Crippen LogP contribution in [0.1, 0.15) is 13.8 Å². The van der Waals surface area contributed by atoms with E-state index in [-0.39, 0.29) is 12.6 Å². The van der Waals surface area contributed by atoms with Crippen molar-refractivity contribution in [2.75, 3.05) is 11.9 Å². The van der Waals surface area contributed by atoms with Crippen molar-refractivity contribution in [2.24, 2.45) is 0 Å². The third kappa shape index (κ3) is 4.87. The zero-order valence-corrected chi connectivity index (χ0v) is 13.4. The molecule has 0 aromatic heterocycles. The summed E-state index contributed by atoms with van der Waals surface area (Å²) in [5, 5.41) is 11.8. The highest BCUT2D eigenvalue weighted by molar-refractivity contribution is 14.1. The van der Waals surface area contributed by atoms with Crippen molar-refractivity contribution >= 4 is 51.9 Å². The lowest BCUT2D eigenvalue weighted by Gasteiger charge is -2.25. The molecule has 0 heterocycles. The van der Waals surface area contributed by atoms with E-state index in [1.807, 2.05) is 6.07 Å². The SMILES string of the molecule is CC(C)N(CC(=O)O)C(=O)Nc1cc(I)ccc1Cl. The normalized spacial score (nSPS) is 10.4. The molecular weight excluding hydrogens is 383 g/mol. The quantitative estimate of drug-likeness (QED) is 0.768. The number of anilines is 1. The van der Waals surface area contributed by atoms with Gasteiger partial charge in [-0.2, -0.15) is 0 Å². The number of carbonyl (C=O) groups excluding carboxylic acids is 1. The van der Waals surface area contributed by atoms with E-state index in [1.165, 1.54) is 4.90 Å². The first-order valence-electron chi connectivity index (χ1n) is 5.55. The molecule has 0 bridgehead atoms. The van der Waals surface area contributed by atoms with Gasteiger partial charge in [-0.3, -0.25) is 4.79 Å². The monoisotopic (exact) mass is 396 g/mol. The second-order valence-electron chi connectivity index (χ2n) is 4.17. The summed E-state index contributed by atoms with van der Waals surface area (Å²) >= 11 is 8.08. The standard InChI is InChI=1S/C12H14ClIN2O3/c1-7(2)16(6-11(17)18)12(19)15-10-5-8(14)3-4-9(10)13/h3-5,7H,6H2,1-2H3,(H,15,19)(H,17,18). The van der Waals surface area contributed by atoms with Gasteiger partial charge in [0.25, 0.3) is 0 Å². The maximum atomic E-state index is 12.0. The van der Waals surface area contributed by atoms with Gasteiger partial charge in [0.05, 0.1) is 10.7 Å². The van der Waals surface area contributed by atoms with E-state index in [9.17, 15) is 9.59 Å². The number of aliphatic carboxylic acids is 1. The minimum Gasteiger partial charge on any atom is -0.480 e. The zero-order valence-electron chi connectivity index (χ0n) is 10.5. The summed E-state index contributed by atoms with van der Waals surface area (Å²) in [5.74, 6) is -1.06. The Morgan fingerprint density at radius 2 is 2.11 bits per heavy atom. The summed E-state index contributed by atoms with van der Waals surface area (Å²) in [6, 6.07) is 4.50. The van der Waals surface area contributed by atoms with E-state index in [0.717, 1.165) is 3.57 Å². The van der Waals surface area contributed by atoms with Gasteiger partial charge in [0.1, 0.15) is 6.54 Å². The average Bonchev–Trinajstić information content (AvgIpc) is 2.30. The Bertz CT molecular complexity index is 494. The number of hydrogen-bond donors (Lipinski definition) is 2. The lowest BCUT2D eigenvalue weighted by atomic mass is 10.3. The van der Waals surface area contributed by atoms with Gasteiger partial charge in [-0.25, -0.2) is 4.79 Å². The van der Waals surface area contributed by atoms with Gasteiger partial charge in [-0.1, -0.05) is 11.6 Å². The summed E-state index contributed by atoms with van der Waals surface area (Å²) in [5.41, 5.74) is 0.467. The molecule has 0 aliphatic carbocycles. The second-order valence-corrected chi connectivity index (χ2v) is 5.82. The maximum Gasteiger partial charge on any atom is 0.323 e. The fourth-order valence-corrected chi connectivity index (χ4v) is 2.07. The van der Waals surface area contributed by atoms with Crippen molar-refractivity contribution in [1.29, 1.82) is 0 Å². The van der Waals surface area contributed by atoms with Gasteiger partial charge in [-0.05, 0) is 54.6 Å². The zero-order chi connectivity index (χ0) is 14.6. The number of nitrogens with one attached hydrogen (secondary N) is 1. The Kier molecular flexibility index (Phi) is 5.86. The molecule has 0 spiro atoms. The Labute approximate surface area is 130 Å². The van der Waals surface area contributed by atoms with Crippen molar-refractivity contribution in [3.8, 4) is 0 Å². The molecule has 0 saturated carbocycles. The van der Waals surface area contributed by atoms with E-state index in [1.54, 1.807) is 26.0 Å². The van der Waals surface area contributed by atoms with E-state index in [2.05, 4.69) is 27.9 Å². The van der Waals surface area contributed by atoms with E-state index in [0.29, 0.717) is 10.7 Å². The fraction of sp³-hybridized carbons (Fsp3) is 0.333.